The van der Waals surface area contributed by atoms with Gasteiger partial charge in [-0.05, 0) is 37.5 Å². The first-order valence-electron chi connectivity index (χ1n) is 3.28. The molecule has 2 aliphatic rings. The van der Waals surface area contributed by atoms with Crippen LogP contribution in [0.2, 0.25) is 0 Å². The Morgan fingerprint density at radius 2 is 2.29 bits per heavy atom. The zero-order chi connectivity index (χ0) is 4.69. The van der Waals surface area contributed by atoms with Crippen LogP contribution in [-0.2, 0) is 0 Å². The number of rotatable bonds is 0. The first kappa shape index (κ1) is 3.94. The van der Waals surface area contributed by atoms with Crippen molar-refractivity contribution in [2.75, 3.05) is 0 Å². The van der Waals surface area contributed by atoms with E-state index in [1.165, 1.54) is 25.7 Å². The molecule has 2 aliphatic carbocycles. The van der Waals surface area contributed by atoms with Crippen molar-refractivity contribution in [1.29, 1.82) is 0 Å². The minimum absolute atomic E-state index is 1.05. The standard InChI is InChI=1S/C7H11/c1-2-7-4-3-6(1)5-7/h1,6-7H,2-5H2/t6-,7-/m1/s1. The smallest absolute Gasteiger partial charge is 0.0352 e. The van der Waals surface area contributed by atoms with Gasteiger partial charge < -0.3 is 0 Å². The Morgan fingerprint density at radius 3 is 2.43 bits per heavy atom. The Hall–Kier alpha value is 0. The van der Waals surface area contributed by atoms with Gasteiger partial charge in [-0.25, -0.2) is 0 Å². The van der Waals surface area contributed by atoms with Crippen molar-refractivity contribution in [3.63, 3.8) is 0 Å². The van der Waals surface area contributed by atoms with Gasteiger partial charge in [0.15, 0.2) is 0 Å². The fourth-order valence-corrected chi connectivity index (χ4v) is 1.93. The van der Waals surface area contributed by atoms with E-state index in [2.05, 4.69) is 6.42 Å². The summed E-state index contributed by atoms with van der Waals surface area (Å²) in [6.07, 6.45) is 8.50. The Kier molecular flexibility index (Phi) is 0.697. The molecule has 0 aliphatic heterocycles. The van der Waals surface area contributed by atoms with Gasteiger partial charge in [-0.3, -0.25) is 0 Å². The fourth-order valence-electron chi connectivity index (χ4n) is 1.93. The molecule has 0 aromatic rings. The summed E-state index contributed by atoms with van der Waals surface area (Å²) in [5.41, 5.74) is 0. The molecule has 2 saturated carbocycles. The van der Waals surface area contributed by atoms with E-state index in [0.717, 1.165) is 11.8 Å². The van der Waals surface area contributed by atoms with E-state index in [0.29, 0.717) is 0 Å². The summed E-state index contributed by atoms with van der Waals surface area (Å²) >= 11 is 0. The van der Waals surface area contributed by atoms with Crippen molar-refractivity contribution in [3.05, 3.63) is 6.42 Å². The molecule has 0 aromatic carbocycles. The minimum atomic E-state index is 1.05. The lowest BCUT2D eigenvalue weighted by atomic mass is 10.0. The average Bonchev–Trinajstić information content (AvgIpc) is 2.22. The minimum Gasteiger partial charge on any atom is -0.0502 e. The summed E-state index contributed by atoms with van der Waals surface area (Å²) in [4.78, 5) is 0. The highest BCUT2D eigenvalue weighted by atomic mass is 14.4. The van der Waals surface area contributed by atoms with Gasteiger partial charge in [0.25, 0.3) is 0 Å². The monoisotopic (exact) mass is 95.1 g/mol. The van der Waals surface area contributed by atoms with Crippen molar-refractivity contribution in [2.24, 2.45) is 11.8 Å². The largest absolute Gasteiger partial charge is 0.0502 e. The number of hydrogen-bond donors (Lipinski definition) is 0. The first-order chi connectivity index (χ1) is 3.45. The van der Waals surface area contributed by atoms with Crippen LogP contribution in [-0.4, -0.2) is 0 Å². The highest BCUT2D eigenvalue weighted by Crippen LogP contribution is 2.43. The predicted molar refractivity (Wildman–Crippen MR) is 29.7 cm³/mol. The second-order valence-corrected chi connectivity index (χ2v) is 2.91. The highest BCUT2D eigenvalue weighted by Gasteiger charge is 2.30. The molecule has 0 aromatic heterocycles. The Bertz CT molecular complexity index is 58.1. The molecule has 0 spiro atoms. The molecule has 2 atom stereocenters. The Balaban J connectivity index is 2.12. The van der Waals surface area contributed by atoms with Gasteiger partial charge in [-0.1, -0.05) is 6.42 Å². The highest BCUT2D eigenvalue weighted by molar-refractivity contribution is 4.94. The van der Waals surface area contributed by atoms with Crippen LogP contribution in [0.5, 0.6) is 0 Å². The normalized spacial score (nSPS) is 48.0. The summed E-state index contributed by atoms with van der Waals surface area (Å²) in [6, 6.07) is 0. The molecule has 0 unspecified atom stereocenters. The maximum atomic E-state index is 2.51. The van der Waals surface area contributed by atoms with Crippen LogP contribution in [0, 0.1) is 18.3 Å². The van der Waals surface area contributed by atoms with Gasteiger partial charge >= 0.3 is 0 Å². The third-order valence-corrected chi connectivity index (χ3v) is 2.38. The third-order valence-electron chi connectivity index (χ3n) is 2.38. The SMILES string of the molecule is [CH]1C[C@@H]2CC[C@@H]1C2. The van der Waals surface area contributed by atoms with Gasteiger partial charge in [0.2, 0.25) is 0 Å². The second-order valence-electron chi connectivity index (χ2n) is 2.91. The topological polar surface area (TPSA) is 0 Å². The van der Waals surface area contributed by atoms with Crippen LogP contribution in [0.4, 0.5) is 0 Å². The van der Waals surface area contributed by atoms with E-state index in [-0.39, 0.29) is 0 Å². The summed E-state index contributed by atoms with van der Waals surface area (Å²) in [5.74, 6) is 2.16. The molecule has 2 bridgehead atoms. The van der Waals surface area contributed by atoms with Crippen molar-refractivity contribution >= 4 is 0 Å². The fraction of sp³-hybridized carbons (Fsp3) is 0.857. The van der Waals surface area contributed by atoms with Crippen molar-refractivity contribution in [2.45, 2.75) is 25.7 Å². The maximum absolute atomic E-state index is 2.51. The summed E-state index contributed by atoms with van der Waals surface area (Å²) in [6.45, 7) is 0. The van der Waals surface area contributed by atoms with Crippen LogP contribution in [0.25, 0.3) is 0 Å². The maximum Gasteiger partial charge on any atom is -0.0352 e. The summed E-state index contributed by atoms with van der Waals surface area (Å²) < 4.78 is 0. The molecule has 0 nitrogen and oxygen atoms in total. The van der Waals surface area contributed by atoms with E-state index in [4.69, 9.17) is 0 Å². The quantitative estimate of drug-likeness (QED) is 0.431. The van der Waals surface area contributed by atoms with Crippen molar-refractivity contribution in [1.82, 2.24) is 0 Å². The van der Waals surface area contributed by atoms with Gasteiger partial charge in [0.05, 0.1) is 0 Å². The second kappa shape index (κ2) is 1.24. The Morgan fingerprint density at radius 1 is 1.29 bits per heavy atom. The van der Waals surface area contributed by atoms with E-state index >= 15 is 0 Å². The van der Waals surface area contributed by atoms with Gasteiger partial charge in [-0.2, -0.15) is 0 Å². The zero-order valence-electron chi connectivity index (χ0n) is 4.56. The number of hydrogen-bond acceptors (Lipinski definition) is 0. The molecule has 1 radical (unpaired) electrons. The average molecular weight is 95.2 g/mol. The zero-order valence-corrected chi connectivity index (χ0v) is 4.56. The van der Waals surface area contributed by atoms with Gasteiger partial charge in [0.1, 0.15) is 0 Å². The lowest BCUT2D eigenvalue weighted by Gasteiger charge is -2.04. The lowest BCUT2D eigenvalue weighted by molar-refractivity contribution is 0.557. The molecule has 2 fully saturated rings. The van der Waals surface area contributed by atoms with Crippen LogP contribution in [0.1, 0.15) is 25.7 Å². The summed E-state index contributed by atoms with van der Waals surface area (Å²) in [7, 11) is 0. The number of fused-ring (bicyclic) bond motifs is 2. The van der Waals surface area contributed by atoms with E-state index in [9.17, 15) is 0 Å². The molecule has 2 rings (SSSR count). The van der Waals surface area contributed by atoms with Crippen molar-refractivity contribution in [3.8, 4) is 0 Å². The third kappa shape index (κ3) is 0.490. The van der Waals surface area contributed by atoms with Crippen LogP contribution >= 0.6 is 0 Å². The molecule has 0 heteroatoms. The van der Waals surface area contributed by atoms with E-state index < -0.39 is 0 Å². The first-order valence-corrected chi connectivity index (χ1v) is 3.28. The van der Waals surface area contributed by atoms with E-state index in [1.807, 2.05) is 0 Å². The molecule has 0 amide bonds. The molecular weight excluding hydrogens is 84.1 g/mol. The molecule has 39 valence electrons. The van der Waals surface area contributed by atoms with Crippen LogP contribution < -0.4 is 0 Å². The van der Waals surface area contributed by atoms with Crippen LogP contribution in [0.15, 0.2) is 0 Å². The van der Waals surface area contributed by atoms with Crippen molar-refractivity contribution < 1.29 is 0 Å². The molecule has 0 saturated heterocycles. The van der Waals surface area contributed by atoms with Gasteiger partial charge in [-0.15, -0.1) is 0 Å². The molecule has 7 heavy (non-hydrogen) atoms. The summed E-state index contributed by atoms with van der Waals surface area (Å²) in [5, 5.41) is 0. The lowest BCUT2D eigenvalue weighted by Crippen LogP contribution is -1.92. The molecule has 0 heterocycles. The van der Waals surface area contributed by atoms with Crippen LogP contribution in [0.3, 0.4) is 0 Å². The van der Waals surface area contributed by atoms with E-state index in [1.54, 1.807) is 0 Å². The Labute approximate surface area is 44.9 Å². The molecule has 0 N–H and O–H groups in total. The van der Waals surface area contributed by atoms with Gasteiger partial charge in [0, 0.05) is 0 Å². The molecular formula is C7H11. The predicted octanol–water partition coefficient (Wildman–Crippen LogP) is 2.01.